The molecular weight excluding hydrogens is 484 g/mol. The second kappa shape index (κ2) is 13.1. The number of carbonyl (C=O) groups excluding carboxylic acids is 2. The molecule has 0 aliphatic rings. The van der Waals surface area contributed by atoms with Crippen LogP contribution in [0.5, 0.6) is 11.6 Å². The summed E-state index contributed by atoms with van der Waals surface area (Å²) in [4.78, 5) is 38.6. The molecular formula is C22H23ClN4O4S2. The fourth-order valence-electron chi connectivity index (χ4n) is 2.35. The zero-order valence-electron chi connectivity index (χ0n) is 18.8. The Hall–Kier alpha value is -2.69. The maximum absolute atomic E-state index is 11.6. The lowest BCUT2D eigenvalue weighted by atomic mass is 10.2. The van der Waals surface area contributed by atoms with E-state index >= 15 is 0 Å². The van der Waals surface area contributed by atoms with Gasteiger partial charge in [-0.2, -0.15) is 4.98 Å². The van der Waals surface area contributed by atoms with Crippen molar-refractivity contribution in [3.8, 4) is 11.6 Å². The SMILES string of the molecule is COc1ccc(COc2nc(SC)ncc2C(C)=O)cc1.CSc1ncc(C(C)=O)c(Cl)n1. The molecule has 174 valence electrons. The molecule has 0 aliphatic heterocycles. The Morgan fingerprint density at radius 3 is 1.94 bits per heavy atom. The quantitative estimate of drug-likeness (QED) is 0.178. The van der Waals surface area contributed by atoms with Crippen LogP contribution in [0.1, 0.15) is 40.1 Å². The Morgan fingerprint density at radius 2 is 1.45 bits per heavy atom. The van der Waals surface area contributed by atoms with Crippen LogP contribution in [-0.2, 0) is 6.61 Å². The van der Waals surface area contributed by atoms with E-state index in [4.69, 9.17) is 21.1 Å². The smallest absolute Gasteiger partial charge is 0.228 e. The average molecular weight is 507 g/mol. The van der Waals surface area contributed by atoms with E-state index in [0.29, 0.717) is 33.9 Å². The van der Waals surface area contributed by atoms with Crippen LogP contribution < -0.4 is 9.47 Å². The summed E-state index contributed by atoms with van der Waals surface area (Å²) < 4.78 is 10.8. The number of thioether (sulfide) groups is 2. The van der Waals surface area contributed by atoms with E-state index in [0.717, 1.165) is 11.3 Å². The van der Waals surface area contributed by atoms with Gasteiger partial charge in [0.25, 0.3) is 0 Å². The lowest BCUT2D eigenvalue weighted by Crippen LogP contribution is -2.05. The minimum atomic E-state index is -0.118. The topological polar surface area (TPSA) is 104 Å². The van der Waals surface area contributed by atoms with Crippen molar-refractivity contribution in [3.63, 3.8) is 0 Å². The van der Waals surface area contributed by atoms with Crippen molar-refractivity contribution in [2.24, 2.45) is 0 Å². The van der Waals surface area contributed by atoms with E-state index in [9.17, 15) is 9.59 Å². The van der Waals surface area contributed by atoms with Gasteiger partial charge >= 0.3 is 0 Å². The van der Waals surface area contributed by atoms with E-state index in [1.54, 1.807) is 7.11 Å². The first kappa shape index (κ1) is 26.6. The molecule has 2 heterocycles. The van der Waals surface area contributed by atoms with Crippen LogP contribution in [0.15, 0.2) is 47.0 Å². The molecule has 0 spiro atoms. The Morgan fingerprint density at radius 1 is 0.909 bits per heavy atom. The van der Waals surface area contributed by atoms with Crippen molar-refractivity contribution in [2.45, 2.75) is 30.8 Å². The number of carbonyl (C=O) groups is 2. The molecule has 33 heavy (non-hydrogen) atoms. The minimum absolute atomic E-state index is 0.118. The van der Waals surface area contributed by atoms with Crippen molar-refractivity contribution in [3.05, 3.63) is 58.5 Å². The van der Waals surface area contributed by atoms with Crippen LogP contribution >= 0.6 is 35.1 Å². The van der Waals surface area contributed by atoms with E-state index < -0.39 is 0 Å². The maximum atomic E-state index is 11.6. The maximum Gasteiger partial charge on any atom is 0.228 e. The number of ketones is 2. The number of hydrogen-bond acceptors (Lipinski definition) is 10. The van der Waals surface area contributed by atoms with E-state index in [1.165, 1.54) is 49.8 Å². The highest BCUT2D eigenvalue weighted by Gasteiger charge is 2.13. The Kier molecular flexibility index (Phi) is 10.6. The normalized spacial score (nSPS) is 10.1. The van der Waals surface area contributed by atoms with Gasteiger partial charge in [0.05, 0.1) is 18.2 Å². The van der Waals surface area contributed by atoms with Crippen LogP contribution in [0.3, 0.4) is 0 Å². The summed E-state index contributed by atoms with van der Waals surface area (Å²) in [5, 5.41) is 1.37. The molecule has 1 aromatic carbocycles. The minimum Gasteiger partial charge on any atom is -0.497 e. The lowest BCUT2D eigenvalue weighted by Gasteiger charge is -2.09. The highest BCUT2D eigenvalue weighted by atomic mass is 35.5. The summed E-state index contributed by atoms with van der Waals surface area (Å²) in [5.74, 6) is 0.868. The van der Waals surface area contributed by atoms with Gasteiger partial charge in [0.2, 0.25) is 5.88 Å². The molecule has 8 nitrogen and oxygen atoms in total. The van der Waals surface area contributed by atoms with Crippen molar-refractivity contribution in [2.75, 3.05) is 19.6 Å². The van der Waals surface area contributed by atoms with Gasteiger partial charge < -0.3 is 9.47 Å². The van der Waals surface area contributed by atoms with E-state index in [1.807, 2.05) is 36.8 Å². The molecule has 0 saturated carbocycles. The van der Waals surface area contributed by atoms with E-state index in [2.05, 4.69) is 19.9 Å². The Bertz CT molecular complexity index is 1110. The number of hydrogen-bond donors (Lipinski definition) is 0. The first-order chi connectivity index (χ1) is 15.8. The van der Waals surface area contributed by atoms with Gasteiger partial charge in [-0.25, -0.2) is 15.0 Å². The van der Waals surface area contributed by atoms with Gasteiger partial charge in [-0.1, -0.05) is 47.3 Å². The van der Waals surface area contributed by atoms with Gasteiger partial charge in [-0.05, 0) is 44.1 Å². The molecule has 0 N–H and O–H groups in total. The highest BCUT2D eigenvalue weighted by molar-refractivity contribution is 7.98. The third-order valence-electron chi connectivity index (χ3n) is 4.11. The van der Waals surface area contributed by atoms with Crippen LogP contribution in [-0.4, -0.2) is 51.1 Å². The zero-order valence-corrected chi connectivity index (χ0v) is 21.2. The fraction of sp³-hybridized carbons (Fsp3) is 0.273. The molecule has 0 fully saturated rings. The molecule has 0 amide bonds. The van der Waals surface area contributed by atoms with E-state index in [-0.39, 0.29) is 16.7 Å². The standard InChI is InChI=1S/C15H16N2O3S.C7H7ClN2OS/c1-10(18)13-8-16-15(21-3)17-14(13)20-9-11-4-6-12(19-2)7-5-11;1-4(11)5-3-9-7(12-2)10-6(5)8/h4-8H,9H2,1-3H3;3H,1-2H3. The van der Waals surface area contributed by atoms with Crippen molar-refractivity contribution >= 4 is 46.7 Å². The molecule has 3 rings (SSSR count). The Balaban J connectivity index is 0.000000273. The predicted octanol–water partition coefficient (Wildman–Crippen LogP) is 5.04. The first-order valence-corrected chi connectivity index (χ1v) is 12.4. The summed E-state index contributed by atoms with van der Waals surface area (Å²) in [6.07, 6.45) is 6.67. The summed E-state index contributed by atoms with van der Waals surface area (Å²) in [5.41, 5.74) is 1.73. The number of ether oxygens (including phenoxy) is 2. The monoisotopic (exact) mass is 506 g/mol. The molecule has 0 bridgehead atoms. The van der Waals surface area contributed by atoms with Crippen LogP contribution in [0.2, 0.25) is 5.15 Å². The predicted molar refractivity (Wildman–Crippen MR) is 130 cm³/mol. The highest BCUT2D eigenvalue weighted by Crippen LogP contribution is 2.21. The molecule has 3 aromatic rings. The average Bonchev–Trinajstić information content (AvgIpc) is 2.82. The molecule has 2 aromatic heterocycles. The number of Topliss-reactive ketones (excluding diaryl/α,β-unsaturated/α-hetero) is 2. The lowest BCUT2D eigenvalue weighted by molar-refractivity contribution is 0.100. The van der Waals surface area contributed by atoms with Gasteiger partial charge in [-0.3, -0.25) is 9.59 Å². The van der Waals surface area contributed by atoms with Crippen LogP contribution in [0, 0.1) is 0 Å². The van der Waals surface area contributed by atoms with Crippen molar-refractivity contribution < 1.29 is 19.1 Å². The largest absolute Gasteiger partial charge is 0.497 e. The third kappa shape index (κ3) is 7.99. The van der Waals surface area contributed by atoms with Crippen molar-refractivity contribution in [1.82, 2.24) is 19.9 Å². The van der Waals surface area contributed by atoms with Gasteiger partial charge in [-0.15, -0.1) is 0 Å². The fourth-order valence-corrected chi connectivity index (χ4v) is 3.34. The van der Waals surface area contributed by atoms with Crippen molar-refractivity contribution in [1.29, 1.82) is 0 Å². The van der Waals surface area contributed by atoms with Crippen LogP contribution in [0.25, 0.3) is 0 Å². The number of rotatable bonds is 8. The van der Waals surface area contributed by atoms with Gasteiger partial charge in [0.15, 0.2) is 21.9 Å². The molecule has 0 unspecified atom stereocenters. The Labute approximate surface area is 205 Å². The van der Waals surface area contributed by atoms with Gasteiger partial charge in [0.1, 0.15) is 17.5 Å². The molecule has 0 aliphatic carbocycles. The third-order valence-corrected chi connectivity index (χ3v) is 5.52. The summed E-state index contributed by atoms with van der Waals surface area (Å²) in [6, 6.07) is 7.53. The second-order valence-electron chi connectivity index (χ2n) is 6.39. The molecule has 11 heteroatoms. The molecule has 0 saturated heterocycles. The summed E-state index contributed by atoms with van der Waals surface area (Å²) >= 11 is 8.50. The molecule has 0 radical (unpaired) electrons. The summed E-state index contributed by atoms with van der Waals surface area (Å²) in [6.45, 7) is 3.23. The number of methoxy groups -OCH3 is 1. The van der Waals surface area contributed by atoms with Gasteiger partial charge in [0, 0.05) is 12.4 Å². The number of halogens is 1. The second-order valence-corrected chi connectivity index (χ2v) is 8.29. The van der Waals surface area contributed by atoms with Crippen LogP contribution in [0.4, 0.5) is 0 Å². The first-order valence-electron chi connectivity index (χ1n) is 9.54. The molecule has 0 atom stereocenters. The summed E-state index contributed by atoms with van der Waals surface area (Å²) in [7, 11) is 1.62. The number of nitrogens with zero attached hydrogens (tertiary/aromatic N) is 4. The number of aromatic nitrogens is 4. The number of benzene rings is 1. The zero-order chi connectivity index (χ0) is 24.4.